The molecule has 0 radical (unpaired) electrons. The lowest BCUT2D eigenvalue weighted by molar-refractivity contribution is -0.146. The number of rotatable bonds is 4. The largest absolute Gasteiger partial charge is 0.413 e. The quantitative estimate of drug-likeness (QED) is 0.629. The maximum absolute atomic E-state index is 11.6. The third kappa shape index (κ3) is 2.83. The second kappa shape index (κ2) is 4.77. The number of nitrogens with one attached hydrogen (secondary N) is 1. The van der Waals surface area contributed by atoms with Crippen molar-refractivity contribution in [3.63, 3.8) is 0 Å². The first-order valence-corrected chi connectivity index (χ1v) is 9.37. The Morgan fingerprint density at radius 1 is 1.39 bits per heavy atom. The molecule has 0 aromatic rings. The Labute approximate surface area is 111 Å². The lowest BCUT2D eigenvalue weighted by atomic mass is 9.84. The molecule has 3 atom stereocenters. The van der Waals surface area contributed by atoms with Crippen LogP contribution in [0.15, 0.2) is 0 Å². The molecule has 0 spiro atoms. The standard InChI is InChI=1S/C13H25NO3Si/c1-8(15)11-10(12(16)14-11)9(2)17-18(6,7)13(3,4)5/h9-11H,1-7H3,(H,14,16)/t9-,10-,11+/m1/s1. The van der Waals surface area contributed by atoms with E-state index in [1.807, 2.05) is 6.92 Å². The Kier molecular flexibility index (Phi) is 4.08. The van der Waals surface area contributed by atoms with Gasteiger partial charge in [-0.1, -0.05) is 20.8 Å². The zero-order chi connectivity index (χ0) is 14.3. The molecule has 1 N–H and O–H groups in total. The summed E-state index contributed by atoms with van der Waals surface area (Å²) in [6, 6.07) is -0.364. The number of carbonyl (C=O) groups excluding carboxylic acids is 2. The molecule has 0 bridgehead atoms. The Morgan fingerprint density at radius 3 is 2.22 bits per heavy atom. The van der Waals surface area contributed by atoms with Gasteiger partial charge in [-0.05, 0) is 32.0 Å². The molecule has 1 aliphatic heterocycles. The molecule has 0 aromatic heterocycles. The summed E-state index contributed by atoms with van der Waals surface area (Å²) in [6.45, 7) is 14.2. The molecule has 0 aliphatic carbocycles. The van der Waals surface area contributed by atoms with Gasteiger partial charge in [-0.2, -0.15) is 0 Å². The van der Waals surface area contributed by atoms with E-state index < -0.39 is 8.32 Å². The van der Waals surface area contributed by atoms with E-state index in [0.29, 0.717) is 0 Å². The molecule has 1 amide bonds. The highest BCUT2D eigenvalue weighted by atomic mass is 28.4. The summed E-state index contributed by atoms with van der Waals surface area (Å²) in [5, 5.41) is 2.75. The first kappa shape index (κ1) is 15.4. The second-order valence-electron chi connectivity index (χ2n) is 6.71. The van der Waals surface area contributed by atoms with Crippen LogP contribution in [-0.4, -0.2) is 32.2 Å². The van der Waals surface area contributed by atoms with E-state index in [1.54, 1.807) is 0 Å². The van der Waals surface area contributed by atoms with Gasteiger partial charge in [-0.3, -0.25) is 9.59 Å². The summed E-state index contributed by atoms with van der Waals surface area (Å²) < 4.78 is 6.18. The van der Waals surface area contributed by atoms with Crippen LogP contribution in [0, 0.1) is 5.92 Å². The fourth-order valence-corrected chi connectivity index (χ4v) is 3.38. The van der Waals surface area contributed by atoms with Gasteiger partial charge in [0.25, 0.3) is 0 Å². The van der Waals surface area contributed by atoms with Crippen molar-refractivity contribution in [2.24, 2.45) is 5.92 Å². The van der Waals surface area contributed by atoms with Crippen molar-refractivity contribution in [2.45, 2.75) is 64.9 Å². The highest BCUT2D eigenvalue weighted by molar-refractivity contribution is 6.74. The van der Waals surface area contributed by atoms with E-state index in [4.69, 9.17) is 4.43 Å². The molecule has 0 unspecified atom stereocenters. The third-order valence-electron chi connectivity index (χ3n) is 4.19. The van der Waals surface area contributed by atoms with E-state index in [2.05, 4.69) is 39.2 Å². The van der Waals surface area contributed by atoms with E-state index in [9.17, 15) is 9.59 Å². The summed E-state index contributed by atoms with van der Waals surface area (Å²) in [4.78, 5) is 23.0. The topological polar surface area (TPSA) is 55.4 Å². The highest BCUT2D eigenvalue weighted by Gasteiger charge is 2.48. The number of β-lactam (4-membered cyclic amide) rings is 1. The fourth-order valence-electron chi connectivity index (χ4n) is 1.95. The molecule has 18 heavy (non-hydrogen) atoms. The molecule has 1 aliphatic rings. The van der Waals surface area contributed by atoms with E-state index in [0.717, 1.165) is 0 Å². The van der Waals surface area contributed by atoms with Crippen LogP contribution >= 0.6 is 0 Å². The van der Waals surface area contributed by atoms with E-state index >= 15 is 0 Å². The van der Waals surface area contributed by atoms with Crippen LogP contribution in [-0.2, 0) is 14.0 Å². The molecule has 1 saturated heterocycles. The normalized spacial score (nSPS) is 26.3. The Hall–Kier alpha value is -0.683. The molecule has 1 rings (SSSR count). The van der Waals surface area contributed by atoms with Crippen molar-refractivity contribution in [1.29, 1.82) is 0 Å². The molecule has 1 fully saturated rings. The van der Waals surface area contributed by atoms with Gasteiger partial charge in [0.1, 0.15) is 6.04 Å². The van der Waals surface area contributed by atoms with Gasteiger partial charge < -0.3 is 9.74 Å². The lowest BCUT2D eigenvalue weighted by Gasteiger charge is -2.44. The Bertz CT molecular complexity index is 360. The van der Waals surface area contributed by atoms with Gasteiger partial charge in [0.15, 0.2) is 14.1 Å². The first-order valence-electron chi connectivity index (χ1n) is 6.46. The third-order valence-corrected chi connectivity index (χ3v) is 8.76. The van der Waals surface area contributed by atoms with Gasteiger partial charge in [0.2, 0.25) is 5.91 Å². The summed E-state index contributed by atoms with van der Waals surface area (Å²) in [5.74, 6) is -0.386. The smallest absolute Gasteiger partial charge is 0.228 e. The molecule has 4 nitrogen and oxygen atoms in total. The van der Waals surface area contributed by atoms with Gasteiger partial charge in [0.05, 0.1) is 12.0 Å². The van der Waals surface area contributed by atoms with E-state index in [-0.39, 0.29) is 34.8 Å². The first-order chi connectivity index (χ1) is 7.97. The Balaban J connectivity index is 2.74. The van der Waals surface area contributed by atoms with Crippen molar-refractivity contribution in [3.05, 3.63) is 0 Å². The van der Waals surface area contributed by atoms with Crippen LogP contribution in [0.1, 0.15) is 34.6 Å². The van der Waals surface area contributed by atoms with Crippen LogP contribution in [0.4, 0.5) is 0 Å². The van der Waals surface area contributed by atoms with Crippen molar-refractivity contribution in [1.82, 2.24) is 5.32 Å². The predicted octanol–water partition coefficient (Wildman–Crippen LogP) is 2.10. The minimum atomic E-state index is -1.90. The van der Waals surface area contributed by atoms with Gasteiger partial charge in [-0.15, -0.1) is 0 Å². The Morgan fingerprint density at radius 2 is 1.89 bits per heavy atom. The minimum Gasteiger partial charge on any atom is -0.413 e. The van der Waals surface area contributed by atoms with Crippen molar-refractivity contribution < 1.29 is 14.0 Å². The lowest BCUT2D eigenvalue weighted by Crippen LogP contribution is -2.66. The monoisotopic (exact) mass is 271 g/mol. The molecule has 0 aromatic carbocycles. The molecular weight excluding hydrogens is 246 g/mol. The number of ketones is 1. The summed E-state index contributed by atoms with van der Waals surface area (Å²) in [5.41, 5.74) is 0. The van der Waals surface area contributed by atoms with Crippen molar-refractivity contribution >= 4 is 20.0 Å². The van der Waals surface area contributed by atoms with Crippen LogP contribution in [0.3, 0.4) is 0 Å². The molecule has 1 heterocycles. The van der Waals surface area contributed by atoms with E-state index in [1.165, 1.54) is 6.92 Å². The minimum absolute atomic E-state index is 0.00489. The summed E-state index contributed by atoms with van der Waals surface area (Å²) >= 11 is 0. The molecule has 0 saturated carbocycles. The van der Waals surface area contributed by atoms with Crippen LogP contribution < -0.4 is 5.32 Å². The summed E-state index contributed by atoms with van der Waals surface area (Å²) in [6.07, 6.45) is -0.200. The average molecular weight is 271 g/mol. The van der Waals surface area contributed by atoms with Crippen LogP contribution in [0.2, 0.25) is 18.1 Å². The van der Waals surface area contributed by atoms with Crippen molar-refractivity contribution in [2.75, 3.05) is 0 Å². The highest BCUT2D eigenvalue weighted by Crippen LogP contribution is 2.38. The molecule has 104 valence electrons. The summed E-state index contributed by atoms with van der Waals surface area (Å²) in [7, 11) is -1.90. The zero-order valence-electron chi connectivity index (χ0n) is 12.5. The predicted molar refractivity (Wildman–Crippen MR) is 73.8 cm³/mol. The number of hydrogen-bond acceptors (Lipinski definition) is 3. The van der Waals surface area contributed by atoms with Gasteiger partial charge in [0, 0.05) is 0 Å². The van der Waals surface area contributed by atoms with Crippen molar-refractivity contribution in [3.8, 4) is 0 Å². The average Bonchev–Trinajstić information content (AvgIpc) is 2.10. The number of hydrogen-bond donors (Lipinski definition) is 1. The fraction of sp³-hybridized carbons (Fsp3) is 0.846. The second-order valence-corrected chi connectivity index (χ2v) is 11.5. The van der Waals surface area contributed by atoms with Crippen LogP contribution in [0.5, 0.6) is 0 Å². The molecule has 5 heteroatoms. The zero-order valence-corrected chi connectivity index (χ0v) is 13.5. The van der Waals surface area contributed by atoms with Gasteiger partial charge in [-0.25, -0.2) is 0 Å². The number of Topliss-reactive ketones (excluding diaryl/α,β-unsaturated/α-hetero) is 1. The number of carbonyl (C=O) groups is 2. The van der Waals surface area contributed by atoms with Crippen LogP contribution in [0.25, 0.3) is 0 Å². The maximum Gasteiger partial charge on any atom is 0.228 e. The molecular formula is C13H25NO3Si. The van der Waals surface area contributed by atoms with Gasteiger partial charge >= 0.3 is 0 Å². The maximum atomic E-state index is 11.6. The SMILES string of the molecule is CC(=O)[C@@H]1NC(=O)[C@@H]1[C@@H](C)O[Si](C)(C)C(C)(C)C. The number of amides is 1.